The van der Waals surface area contributed by atoms with Crippen LogP contribution in [0.4, 0.5) is 0 Å². The molecule has 0 radical (unpaired) electrons. The molecule has 0 aromatic heterocycles. The molecule has 0 spiro atoms. The van der Waals surface area contributed by atoms with Crippen LogP contribution in [0.1, 0.15) is 27.2 Å². The smallest absolute Gasteiger partial charge is 0.309 e. The van der Waals surface area contributed by atoms with E-state index in [1.807, 2.05) is 6.92 Å². The third kappa shape index (κ3) is 6.94. The summed E-state index contributed by atoms with van der Waals surface area (Å²) < 4.78 is 22.3. The molecule has 3 nitrogen and oxygen atoms in total. The monoisotopic (exact) mass is 252 g/mol. The lowest BCUT2D eigenvalue weighted by Crippen LogP contribution is -2.00. The van der Waals surface area contributed by atoms with Crippen molar-refractivity contribution in [1.29, 1.82) is 0 Å². The third-order valence-electron chi connectivity index (χ3n) is 1.71. The Bertz CT molecular complexity index is 272. The molecule has 0 aliphatic heterocycles. The van der Waals surface area contributed by atoms with E-state index in [9.17, 15) is 4.57 Å². The summed E-state index contributed by atoms with van der Waals surface area (Å²) in [7, 11) is -2.91. The number of hydrogen-bond donors (Lipinski definition) is 0. The second kappa shape index (κ2) is 8.15. The summed E-state index contributed by atoms with van der Waals surface area (Å²) in [5, 5.41) is 0. The molecular weight excluding hydrogens is 235 g/mol. The van der Waals surface area contributed by atoms with Crippen molar-refractivity contribution < 1.29 is 13.6 Å². The first-order chi connectivity index (χ1) is 7.08. The van der Waals surface area contributed by atoms with Gasteiger partial charge >= 0.3 is 7.60 Å². The van der Waals surface area contributed by atoms with Gasteiger partial charge in [0.15, 0.2) is 0 Å². The van der Waals surface area contributed by atoms with Crippen molar-refractivity contribution in [3.05, 3.63) is 16.8 Å². The highest BCUT2D eigenvalue weighted by atomic mass is 35.5. The first-order valence-corrected chi connectivity index (χ1v) is 7.13. The second-order valence-electron chi connectivity index (χ2n) is 2.95. The van der Waals surface area contributed by atoms with Crippen molar-refractivity contribution >= 4 is 19.2 Å². The van der Waals surface area contributed by atoms with Crippen LogP contribution in [-0.4, -0.2) is 19.4 Å². The van der Waals surface area contributed by atoms with Gasteiger partial charge in [-0.2, -0.15) is 0 Å². The quantitative estimate of drug-likeness (QED) is 0.509. The summed E-state index contributed by atoms with van der Waals surface area (Å²) in [4.78, 5) is 0. The van der Waals surface area contributed by atoms with Gasteiger partial charge in [-0.05, 0) is 32.8 Å². The van der Waals surface area contributed by atoms with Gasteiger partial charge < -0.3 is 9.05 Å². The zero-order valence-electron chi connectivity index (χ0n) is 9.46. The van der Waals surface area contributed by atoms with Gasteiger partial charge in [0.25, 0.3) is 0 Å². The van der Waals surface area contributed by atoms with Crippen molar-refractivity contribution in [3.63, 3.8) is 0 Å². The molecule has 0 aromatic carbocycles. The first kappa shape index (κ1) is 15.0. The predicted octanol–water partition coefficient (Wildman–Crippen LogP) is 3.94. The topological polar surface area (TPSA) is 35.5 Å². The Kier molecular flexibility index (Phi) is 8.13. The molecule has 0 rings (SSSR count). The summed E-state index contributed by atoms with van der Waals surface area (Å²) in [6.07, 6.45) is 0.985. The largest absolute Gasteiger partial charge is 0.331 e. The fourth-order valence-corrected chi connectivity index (χ4v) is 2.94. The van der Waals surface area contributed by atoms with E-state index >= 15 is 0 Å². The van der Waals surface area contributed by atoms with Gasteiger partial charge in [-0.25, -0.2) is 0 Å². The minimum atomic E-state index is -2.91. The summed E-state index contributed by atoms with van der Waals surface area (Å²) in [6, 6.07) is 0. The molecule has 0 aliphatic rings. The Morgan fingerprint density at radius 1 is 1.40 bits per heavy atom. The molecule has 0 saturated heterocycles. The van der Waals surface area contributed by atoms with Gasteiger partial charge in [-0.15, -0.1) is 5.73 Å². The van der Waals surface area contributed by atoms with Crippen LogP contribution in [0.15, 0.2) is 16.8 Å². The van der Waals surface area contributed by atoms with Crippen molar-refractivity contribution in [3.8, 4) is 0 Å². The van der Waals surface area contributed by atoms with Gasteiger partial charge in [0.2, 0.25) is 0 Å². The van der Waals surface area contributed by atoms with E-state index in [0.717, 1.165) is 5.57 Å². The molecule has 0 aliphatic carbocycles. The lowest BCUT2D eigenvalue weighted by molar-refractivity contribution is 0.220. The van der Waals surface area contributed by atoms with E-state index in [0.29, 0.717) is 25.8 Å². The number of hydrogen-bond acceptors (Lipinski definition) is 3. The van der Waals surface area contributed by atoms with E-state index in [-0.39, 0.29) is 0 Å². The Hall–Kier alpha value is -0.0400. The molecular formula is C10H18ClO3P. The maximum atomic E-state index is 12.0. The van der Waals surface area contributed by atoms with Crippen LogP contribution in [0.2, 0.25) is 0 Å². The van der Waals surface area contributed by atoms with Gasteiger partial charge in [0, 0.05) is 5.54 Å². The van der Waals surface area contributed by atoms with Gasteiger partial charge in [0.1, 0.15) is 0 Å². The third-order valence-corrected chi connectivity index (χ3v) is 3.90. The predicted molar refractivity (Wildman–Crippen MR) is 63.5 cm³/mol. The van der Waals surface area contributed by atoms with Crippen LogP contribution >= 0.6 is 19.2 Å². The van der Waals surface area contributed by atoms with Crippen LogP contribution in [0.25, 0.3) is 0 Å². The highest BCUT2D eigenvalue weighted by Gasteiger charge is 2.22. The molecule has 0 atom stereocenters. The minimum absolute atomic E-state index is 0.373. The van der Waals surface area contributed by atoms with Crippen LogP contribution in [-0.2, 0) is 13.6 Å². The fraction of sp³-hybridized carbons (Fsp3) is 0.700. The SMILES string of the molecule is CCOP(=O)(CCC(C)=C=CCl)OCC. The average molecular weight is 253 g/mol. The fourth-order valence-electron chi connectivity index (χ4n) is 1.03. The van der Waals surface area contributed by atoms with Crippen LogP contribution < -0.4 is 0 Å². The molecule has 88 valence electrons. The van der Waals surface area contributed by atoms with E-state index in [2.05, 4.69) is 5.73 Å². The van der Waals surface area contributed by atoms with E-state index in [1.54, 1.807) is 13.8 Å². The Balaban J connectivity index is 4.30. The van der Waals surface area contributed by atoms with Gasteiger partial charge in [-0.1, -0.05) is 11.6 Å². The van der Waals surface area contributed by atoms with Crippen LogP contribution in [0.5, 0.6) is 0 Å². The molecule has 0 amide bonds. The molecule has 0 saturated carbocycles. The standard InChI is InChI=1S/C10H18ClO3P/c1-4-13-15(12,14-5-2)9-7-10(3)6-8-11/h8H,4-5,7,9H2,1-3H3. The summed E-state index contributed by atoms with van der Waals surface area (Å²) in [5.41, 5.74) is 5.08. The number of halogens is 1. The molecule has 0 heterocycles. The molecule has 0 N–H and O–H groups in total. The van der Waals surface area contributed by atoms with Crippen molar-refractivity contribution in [2.75, 3.05) is 19.4 Å². The molecule has 0 fully saturated rings. The molecule has 15 heavy (non-hydrogen) atoms. The normalized spacial score (nSPS) is 10.9. The van der Waals surface area contributed by atoms with Crippen LogP contribution in [0.3, 0.4) is 0 Å². The number of allylic oxidation sites excluding steroid dienone is 1. The zero-order chi connectivity index (χ0) is 11.7. The second-order valence-corrected chi connectivity index (χ2v) is 5.36. The Labute approximate surface area is 96.6 Å². The Morgan fingerprint density at radius 3 is 2.33 bits per heavy atom. The van der Waals surface area contributed by atoms with Crippen LogP contribution in [0, 0.1) is 0 Å². The minimum Gasteiger partial charge on any atom is -0.309 e. The van der Waals surface area contributed by atoms with E-state index in [4.69, 9.17) is 20.6 Å². The lowest BCUT2D eigenvalue weighted by Gasteiger charge is -2.16. The highest BCUT2D eigenvalue weighted by Crippen LogP contribution is 2.48. The maximum Gasteiger partial charge on any atom is 0.331 e. The molecule has 0 unspecified atom stereocenters. The molecule has 0 aromatic rings. The highest BCUT2D eigenvalue weighted by molar-refractivity contribution is 7.53. The summed E-state index contributed by atoms with van der Waals surface area (Å²) in [5.74, 6) is 0. The maximum absolute atomic E-state index is 12.0. The van der Waals surface area contributed by atoms with Crippen molar-refractivity contribution in [2.24, 2.45) is 0 Å². The van der Waals surface area contributed by atoms with Gasteiger partial charge in [0.05, 0.1) is 19.4 Å². The summed E-state index contributed by atoms with van der Waals surface area (Å²) >= 11 is 5.38. The molecule has 0 bridgehead atoms. The zero-order valence-corrected chi connectivity index (χ0v) is 11.1. The first-order valence-electron chi connectivity index (χ1n) is 4.97. The van der Waals surface area contributed by atoms with E-state index in [1.165, 1.54) is 5.54 Å². The van der Waals surface area contributed by atoms with E-state index < -0.39 is 7.60 Å². The van der Waals surface area contributed by atoms with Gasteiger partial charge in [-0.3, -0.25) is 4.57 Å². The summed E-state index contributed by atoms with van der Waals surface area (Å²) in [6.45, 7) is 6.26. The van der Waals surface area contributed by atoms with Crippen molar-refractivity contribution in [2.45, 2.75) is 27.2 Å². The Morgan fingerprint density at radius 2 is 1.93 bits per heavy atom. The average Bonchev–Trinajstić information content (AvgIpc) is 2.16. The van der Waals surface area contributed by atoms with Crippen molar-refractivity contribution in [1.82, 2.24) is 0 Å². The number of rotatable bonds is 7. The molecule has 5 heteroatoms. The lowest BCUT2D eigenvalue weighted by atomic mass is 10.3.